The highest BCUT2D eigenvalue weighted by molar-refractivity contribution is 9.08. The highest BCUT2D eigenvalue weighted by atomic mass is 79.9. The summed E-state index contributed by atoms with van der Waals surface area (Å²) in [4.78, 5) is -0.122. The van der Waals surface area contributed by atoms with Crippen molar-refractivity contribution >= 4 is 35.7 Å². The summed E-state index contributed by atoms with van der Waals surface area (Å²) in [6.07, 6.45) is 0.734. The molecule has 0 aliphatic heterocycles. The predicted molar refractivity (Wildman–Crippen MR) is 66.2 cm³/mol. The second-order valence-corrected chi connectivity index (χ2v) is 6.25. The molecule has 0 radical (unpaired) electrons. The number of hydrogen-bond acceptors (Lipinski definition) is 3. The van der Waals surface area contributed by atoms with Crippen LogP contribution in [0.25, 0.3) is 0 Å². The number of rotatable bonds is 3. The predicted octanol–water partition coefficient (Wildman–Crippen LogP) is 2.94. The Bertz CT molecular complexity index is 549. The van der Waals surface area contributed by atoms with Crippen LogP contribution in [0.4, 0.5) is 0 Å². The van der Waals surface area contributed by atoms with E-state index in [1.54, 1.807) is 6.07 Å². The molecule has 0 unspecified atom stereocenters. The summed E-state index contributed by atoms with van der Waals surface area (Å²) < 4.78 is 22.6. The molecule has 6 heteroatoms. The second kappa shape index (κ2) is 5.17. The highest BCUT2D eigenvalue weighted by Crippen LogP contribution is 2.25. The van der Waals surface area contributed by atoms with Crippen molar-refractivity contribution in [2.45, 2.75) is 23.6 Å². The summed E-state index contributed by atoms with van der Waals surface area (Å²) in [6.45, 7) is 1.94. The van der Waals surface area contributed by atoms with E-state index in [1.807, 2.05) is 13.0 Å². The number of hydrogen-bond donors (Lipinski definition) is 0. The molecule has 0 aromatic heterocycles. The van der Waals surface area contributed by atoms with Gasteiger partial charge in [0, 0.05) is 16.0 Å². The molecule has 0 aliphatic carbocycles. The molecule has 0 saturated heterocycles. The molecule has 0 fully saturated rings. The van der Waals surface area contributed by atoms with Crippen LogP contribution in [0.3, 0.4) is 0 Å². The van der Waals surface area contributed by atoms with Crippen molar-refractivity contribution in [2.75, 3.05) is 0 Å². The van der Waals surface area contributed by atoms with E-state index in [0.717, 1.165) is 17.5 Å². The fraction of sp³-hybridized carbons (Fsp3) is 0.300. The Balaban J connectivity index is 3.58. The van der Waals surface area contributed by atoms with Crippen LogP contribution in [0.5, 0.6) is 0 Å². The lowest BCUT2D eigenvalue weighted by molar-refractivity contribution is 0.609. The fourth-order valence-electron chi connectivity index (χ4n) is 1.41. The average Bonchev–Trinajstić information content (AvgIpc) is 2.25. The SMILES string of the molecule is CCc1cc(C#N)c(S(=O)(=O)Cl)cc1CBr. The van der Waals surface area contributed by atoms with Crippen LogP contribution in [0.15, 0.2) is 17.0 Å². The average molecular weight is 323 g/mol. The largest absolute Gasteiger partial charge is 0.262 e. The van der Waals surface area contributed by atoms with Crippen molar-refractivity contribution in [1.29, 1.82) is 5.26 Å². The second-order valence-electron chi connectivity index (χ2n) is 3.15. The molecule has 0 saturated carbocycles. The maximum absolute atomic E-state index is 11.3. The molecule has 0 amide bonds. The number of benzene rings is 1. The van der Waals surface area contributed by atoms with Gasteiger partial charge < -0.3 is 0 Å². The van der Waals surface area contributed by atoms with Gasteiger partial charge in [-0.3, -0.25) is 0 Å². The highest BCUT2D eigenvalue weighted by Gasteiger charge is 2.18. The Labute approximate surface area is 108 Å². The van der Waals surface area contributed by atoms with E-state index in [4.69, 9.17) is 15.9 Å². The first-order valence-electron chi connectivity index (χ1n) is 4.50. The van der Waals surface area contributed by atoms with Crippen molar-refractivity contribution < 1.29 is 8.42 Å². The molecule has 0 N–H and O–H groups in total. The van der Waals surface area contributed by atoms with Crippen molar-refractivity contribution in [2.24, 2.45) is 0 Å². The van der Waals surface area contributed by atoms with E-state index in [2.05, 4.69) is 15.9 Å². The third kappa shape index (κ3) is 2.76. The van der Waals surface area contributed by atoms with Gasteiger partial charge in [-0.1, -0.05) is 22.9 Å². The van der Waals surface area contributed by atoms with Gasteiger partial charge in [-0.15, -0.1) is 0 Å². The summed E-state index contributed by atoms with van der Waals surface area (Å²) in [5.41, 5.74) is 1.87. The van der Waals surface area contributed by atoms with Crippen LogP contribution >= 0.6 is 26.6 Å². The topological polar surface area (TPSA) is 57.9 Å². The monoisotopic (exact) mass is 321 g/mol. The first-order chi connectivity index (χ1) is 7.43. The molecule has 3 nitrogen and oxygen atoms in total. The zero-order valence-electron chi connectivity index (χ0n) is 8.50. The summed E-state index contributed by atoms with van der Waals surface area (Å²) in [5.74, 6) is 0. The van der Waals surface area contributed by atoms with Gasteiger partial charge in [-0.25, -0.2) is 8.42 Å². The van der Waals surface area contributed by atoms with Crippen molar-refractivity contribution in [3.63, 3.8) is 0 Å². The molecule has 0 bridgehead atoms. The molecule has 86 valence electrons. The number of halogens is 2. The van der Waals surface area contributed by atoms with Crippen molar-refractivity contribution in [3.05, 3.63) is 28.8 Å². The first kappa shape index (κ1) is 13.5. The summed E-state index contributed by atoms with van der Waals surface area (Å²) in [7, 11) is 1.40. The van der Waals surface area contributed by atoms with E-state index in [-0.39, 0.29) is 10.5 Å². The van der Waals surface area contributed by atoms with Gasteiger partial charge in [0.05, 0.1) is 5.56 Å². The molecular weight excluding hydrogens is 314 g/mol. The lowest BCUT2D eigenvalue weighted by Crippen LogP contribution is -2.00. The summed E-state index contributed by atoms with van der Waals surface area (Å²) in [6, 6.07) is 4.88. The van der Waals surface area contributed by atoms with Crippen LogP contribution < -0.4 is 0 Å². The van der Waals surface area contributed by atoms with Gasteiger partial charge in [0.25, 0.3) is 9.05 Å². The fourth-order valence-corrected chi connectivity index (χ4v) is 2.96. The quantitative estimate of drug-likeness (QED) is 0.635. The molecule has 0 atom stereocenters. The van der Waals surface area contributed by atoms with Crippen molar-refractivity contribution in [3.8, 4) is 6.07 Å². The smallest absolute Gasteiger partial charge is 0.207 e. The van der Waals surface area contributed by atoms with E-state index in [9.17, 15) is 8.42 Å². The number of nitrogens with zero attached hydrogens (tertiary/aromatic N) is 1. The van der Waals surface area contributed by atoms with Crippen LogP contribution in [0, 0.1) is 11.3 Å². The van der Waals surface area contributed by atoms with Crippen molar-refractivity contribution in [1.82, 2.24) is 0 Å². The minimum absolute atomic E-state index is 0.0940. The molecule has 0 heterocycles. The Morgan fingerprint density at radius 3 is 2.44 bits per heavy atom. The van der Waals surface area contributed by atoms with Gasteiger partial charge in [-0.05, 0) is 29.7 Å². The van der Waals surface area contributed by atoms with E-state index >= 15 is 0 Å². The molecule has 1 aromatic rings. The zero-order chi connectivity index (χ0) is 12.3. The van der Waals surface area contributed by atoms with Gasteiger partial charge >= 0.3 is 0 Å². The Kier molecular flexibility index (Phi) is 4.36. The Hall–Kier alpha value is -0.570. The molecular formula is C10H9BrClNO2S. The van der Waals surface area contributed by atoms with Gasteiger partial charge in [0.1, 0.15) is 11.0 Å². The molecule has 0 aliphatic rings. The van der Waals surface area contributed by atoms with Crippen LogP contribution in [0.2, 0.25) is 0 Å². The lowest BCUT2D eigenvalue weighted by atomic mass is 10.0. The first-order valence-corrected chi connectivity index (χ1v) is 7.93. The standard InChI is InChI=1S/C10H9BrClNO2S/c1-2-7-3-9(6-13)10(16(12,14)15)4-8(7)5-11/h3-4H,2,5H2,1H3. The van der Waals surface area contributed by atoms with E-state index in [1.165, 1.54) is 6.07 Å². The summed E-state index contributed by atoms with van der Waals surface area (Å²) in [5, 5.41) is 9.41. The normalized spacial score (nSPS) is 11.1. The van der Waals surface area contributed by atoms with Gasteiger partial charge in [0.15, 0.2) is 0 Å². The third-order valence-electron chi connectivity index (χ3n) is 2.21. The number of alkyl halides is 1. The van der Waals surface area contributed by atoms with E-state index < -0.39 is 9.05 Å². The number of nitriles is 1. The maximum Gasteiger partial charge on any atom is 0.262 e. The third-order valence-corrected chi connectivity index (χ3v) is 4.18. The molecule has 0 spiro atoms. The molecule has 1 rings (SSSR count). The molecule has 1 aromatic carbocycles. The minimum atomic E-state index is -3.87. The van der Waals surface area contributed by atoms with Crippen LogP contribution in [0.1, 0.15) is 23.6 Å². The number of aryl methyl sites for hydroxylation is 1. The van der Waals surface area contributed by atoms with Crippen LogP contribution in [-0.4, -0.2) is 8.42 Å². The van der Waals surface area contributed by atoms with Gasteiger partial charge in [0.2, 0.25) is 0 Å². The molecule has 16 heavy (non-hydrogen) atoms. The zero-order valence-corrected chi connectivity index (χ0v) is 11.7. The van der Waals surface area contributed by atoms with Crippen LogP contribution in [-0.2, 0) is 20.8 Å². The van der Waals surface area contributed by atoms with Gasteiger partial charge in [-0.2, -0.15) is 5.26 Å². The summed E-state index contributed by atoms with van der Waals surface area (Å²) >= 11 is 3.28. The van der Waals surface area contributed by atoms with E-state index in [0.29, 0.717) is 5.33 Å². The minimum Gasteiger partial charge on any atom is -0.207 e. The lowest BCUT2D eigenvalue weighted by Gasteiger charge is -2.08. The Morgan fingerprint density at radius 2 is 2.06 bits per heavy atom. The maximum atomic E-state index is 11.3. The Morgan fingerprint density at radius 1 is 1.44 bits per heavy atom.